The van der Waals surface area contributed by atoms with Crippen LogP contribution in [0.15, 0.2) is 54.1 Å². The summed E-state index contributed by atoms with van der Waals surface area (Å²) in [4.78, 5) is 44.3. The van der Waals surface area contributed by atoms with Crippen molar-refractivity contribution in [2.75, 3.05) is 12.0 Å². The van der Waals surface area contributed by atoms with Crippen LogP contribution in [0.25, 0.3) is 5.76 Å². The monoisotopic (exact) mass is 482 g/mol. The summed E-state index contributed by atoms with van der Waals surface area (Å²) < 4.78 is 5.15. The number of methoxy groups -OCH3 is 1. The van der Waals surface area contributed by atoms with Gasteiger partial charge in [0.15, 0.2) is 10.9 Å². The van der Waals surface area contributed by atoms with Gasteiger partial charge in [0.2, 0.25) is 0 Å². The number of amides is 1. The largest absolute Gasteiger partial charge is 0.507 e. The van der Waals surface area contributed by atoms with Crippen molar-refractivity contribution in [3.8, 4) is 5.75 Å². The number of thiazole rings is 1. The number of carbonyl (C=O) groups is 3. The van der Waals surface area contributed by atoms with Crippen LogP contribution in [0.3, 0.4) is 0 Å². The highest BCUT2D eigenvalue weighted by Crippen LogP contribution is 2.44. The van der Waals surface area contributed by atoms with Crippen molar-refractivity contribution in [3.05, 3.63) is 80.8 Å². The van der Waals surface area contributed by atoms with Crippen LogP contribution in [0.5, 0.6) is 5.75 Å². The maximum absolute atomic E-state index is 13.2. The molecule has 1 N–H and O–H groups in total. The van der Waals surface area contributed by atoms with E-state index in [1.807, 2.05) is 0 Å². The zero-order valence-electron chi connectivity index (χ0n) is 18.0. The van der Waals surface area contributed by atoms with Crippen molar-refractivity contribution < 1.29 is 24.2 Å². The van der Waals surface area contributed by atoms with E-state index >= 15 is 0 Å². The van der Waals surface area contributed by atoms with Crippen LogP contribution >= 0.6 is 22.9 Å². The number of hydrogen-bond acceptors (Lipinski definition) is 7. The molecule has 33 heavy (non-hydrogen) atoms. The van der Waals surface area contributed by atoms with E-state index in [4.69, 9.17) is 16.3 Å². The van der Waals surface area contributed by atoms with Crippen LogP contribution in [0.1, 0.15) is 39.5 Å². The van der Waals surface area contributed by atoms with Crippen LogP contribution in [-0.4, -0.2) is 34.7 Å². The molecule has 1 fully saturated rings. The van der Waals surface area contributed by atoms with Gasteiger partial charge in [0.05, 0.1) is 29.3 Å². The second kappa shape index (κ2) is 8.80. The van der Waals surface area contributed by atoms with E-state index in [1.54, 1.807) is 55.5 Å². The number of Topliss-reactive ketones (excluding diaryl/α,β-unsaturated/α-hetero) is 2. The predicted octanol–water partition coefficient (Wildman–Crippen LogP) is 4.94. The Balaban J connectivity index is 1.92. The number of anilines is 1. The van der Waals surface area contributed by atoms with Gasteiger partial charge in [-0.25, -0.2) is 4.98 Å². The summed E-state index contributed by atoms with van der Waals surface area (Å²) in [5.74, 6) is -1.61. The molecule has 1 amide bonds. The molecule has 3 aromatic rings. The first-order chi connectivity index (χ1) is 15.7. The molecule has 0 radical (unpaired) electrons. The number of aryl methyl sites for hydroxylation is 1. The number of aliphatic hydroxyl groups excluding tert-OH is 1. The molecule has 7 nitrogen and oxygen atoms in total. The summed E-state index contributed by atoms with van der Waals surface area (Å²) in [5, 5.41) is 11.8. The average Bonchev–Trinajstić information content (AvgIpc) is 3.31. The van der Waals surface area contributed by atoms with Gasteiger partial charge in [-0.15, -0.1) is 0 Å². The first-order valence-electron chi connectivity index (χ1n) is 9.92. The van der Waals surface area contributed by atoms with Crippen molar-refractivity contribution in [2.24, 2.45) is 0 Å². The van der Waals surface area contributed by atoms with Crippen molar-refractivity contribution >= 4 is 51.3 Å². The molecule has 1 aliphatic heterocycles. The second-order valence-corrected chi connectivity index (χ2v) is 8.83. The topological polar surface area (TPSA) is 96.8 Å². The molecule has 4 rings (SSSR count). The molecule has 2 aromatic carbocycles. The SMILES string of the molecule is COc1ccc(/C(O)=C2\C(=O)C(=O)N(c3nc(C)c(C(C)=O)s3)C2c2ccc(Cl)cc2)cc1. The third kappa shape index (κ3) is 4.03. The number of rotatable bonds is 5. The molecule has 168 valence electrons. The first-order valence-corrected chi connectivity index (χ1v) is 11.1. The number of halogens is 1. The Hall–Kier alpha value is -3.49. The fourth-order valence-corrected chi connectivity index (χ4v) is 4.82. The van der Waals surface area contributed by atoms with Crippen molar-refractivity contribution in [1.82, 2.24) is 4.98 Å². The molecular formula is C24H19ClN2O5S. The van der Waals surface area contributed by atoms with Gasteiger partial charge in [-0.05, 0) is 48.9 Å². The van der Waals surface area contributed by atoms with E-state index < -0.39 is 17.7 Å². The molecule has 9 heteroatoms. The van der Waals surface area contributed by atoms with Crippen LogP contribution < -0.4 is 9.64 Å². The molecule has 1 atom stereocenters. The summed E-state index contributed by atoms with van der Waals surface area (Å²) in [5.41, 5.74) is 1.30. The van der Waals surface area contributed by atoms with Gasteiger partial charge in [0.1, 0.15) is 11.5 Å². The van der Waals surface area contributed by atoms with Gasteiger partial charge in [-0.1, -0.05) is 35.1 Å². The highest BCUT2D eigenvalue weighted by Gasteiger charge is 2.48. The molecule has 1 aliphatic rings. The van der Waals surface area contributed by atoms with E-state index in [1.165, 1.54) is 18.9 Å². The van der Waals surface area contributed by atoms with Gasteiger partial charge < -0.3 is 9.84 Å². The summed E-state index contributed by atoms with van der Waals surface area (Å²) in [7, 11) is 1.52. The van der Waals surface area contributed by atoms with Gasteiger partial charge in [-0.3, -0.25) is 19.3 Å². The van der Waals surface area contributed by atoms with Crippen molar-refractivity contribution in [1.29, 1.82) is 0 Å². The highest BCUT2D eigenvalue weighted by atomic mass is 35.5. The molecule has 0 spiro atoms. The predicted molar refractivity (Wildman–Crippen MR) is 126 cm³/mol. The van der Waals surface area contributed by atoms with E-state index in [0.717, 1.165) is 11.3 Å². The summed E-state index contributed by atoms with van der Waals surface area (Å²) >= 11 is 7.08. The first kappa shape index (κ1) is 22.7. The highest BCUT2D eigenvalue weighted by molar-refractivity contribution is 7.18. The minimum atomic E-state index is -0.949. The number of benzene rings is 2. The molecule has 2 heterocycles. The Morgan fingerprint density at radius 2 is 1.76 bits per heavy atom. The molecule has 0 bridgehead atoms. The van der Waals surface area contributed by atoms with Crippen LogP contribution in [0.4, 0.5) is 5.13 Å². The zero-order valence-corrected chi connectivity index (χ0v) is 19.5. The Bertz CT molecular complexity index is 1300. The van der Waals surface area contributed by atoms with E-state index in [0.29, 0.717) is 32.5 Å². The molecular weight excluding hydrogens is 464 g/mol. The number of aromatic nitrogens is 1. The number of carbonyl (C=O) groups excluding carboxylic acids is 3. The lowest BCUT2D eigenvalue weighted by molar-refractivity contribution is -0.132. The van der Waals surface area contributed by atoms with Crippen molar-refractivity contribution in [3.63, 3.8) is 0 Å². The Morgan fingerprint density at radius 3 is 2.30 bits per heavy atom. The average molecular weight is 483 g/mol. The third-order valence-electron chi connectivity index (χ3n) is 5.30. The Morgan fingerprint density at radius 1 is 1.12 bits per heavy atom. The fraction of sp³-hybridized carbons (Fsp3) is 0.167. The number of ketones is 2. The molecule has 1 unspecified atom stereocenters. The normalized spacial score (nSPS) is 17.5. The smallest absolute Gasteiger partial charge is 0.301 e. The lowest BCUT2D eigenvalue weighted by Crippen LogP contribution is -2.29. The van der Waals surface area contributed by atoms with E-state index in [-0.39, 0.29) is 22.2 Å². The standard InChI is InChI=1S/C24H19ClN2O5S/c1-12-22(13(2)28)33-24(26-12)27-19(14-4-8-16(25)9-5-14)18(21(30)23(27)31)20(29)15-6-10-17(32-3)11-7-15/h4-11,19,29H,1-3H3/b20-18+. The van der Waals surface area contributed by atoms with Gasteiger partial charge in [-0.2, -0.15) is 0 Å². The fourth-order valence-electron chi connectivity index (χ4n) is 3.71. The van der Waals surface area contributed by atoms with Crippen molar-refractivity contribution in [2.45, 2.75) is 19.9 Å². The number of hydrogen-bond donors (Lipinski definition) is 1. The van der Waals surface area contributed by atoms with Gasteiger partial charge in [0.25, 0.3) is 5.78 Å². The molecule has 1 saturated heterocycles. The minimum absolute atomic E-state index is 0.0790. The number of nitrogens with zero attached hydrogens (tertiary/aromatic N) is 2. The summed E-state index contributed by atoms with van der Waals surface area (Å²) in [6.07, 6.45) is 0. The number of ether oxygens (including phenoxy) is 1. The Labute approximate surface area is 198 Å². The minimum Gasteiger partial charge on any atom is -0.507 e. The molecule has 0 saturated carbocycles. The quantitative estimate of drug-likeness (QED) is 0.239. The Kier molecular flexibility index (Phi) is 6.05. The molecule has 0 aliphatic carbocycles. The van der Waals surface area contributed by atoms with Crippen LogP contribution in [0, 0.1) is 6.92 Å². The molecule has 1 aromatic heterocycles. The third-order valence-corrected chi connectivity index (χ3v) is 6.81. The van der Waals surface area contributed by atoms with Gasteiger partial charge >= 0.3 is 5.91 Å². The summed E-state index contributed by atoms with van der Waals surface area (Å²) in [6, 6.07) is 12.2. The van der Waals surface area contributed by atoms with E-state index in [2.05, 4.69) is 4.98 Å². The zero-order chi connectivity index (χ0) is 23.9. The lowest BCUT2D eigenvalue weighted by atomic mass is 9.95. The second-order valence-electron chi connectivity index (χ2n) is 7.42. The number of aliphatic hydroxyl groups is 1. The van der Waals surface area contributed by atoms with Gasteiger partial charge in [0, 0.05) is 17.5 Å². The summed E-state index contributed by atoms with van der Waals surface area (Å²) in [6.45, 7) is 3.08. The lowest BCUT2D eigenvalue weighted by Gasteiger charge is -2.23. The maximum Gasteiger partial charge on any atom is 0.301 e. The van der Waals surface area contributed by atoms with Crippen LogP contribution in [0.2, 0.25) is 5.02 Å². The van der Waals surface area contributed by atoms with E-state index in [9.17, 15) is 19.5 Å². The van der Waals surface area contributed by atoms with Crippen LogP contribution in [-0.2, 0) is 9.59 Å². The maximum atomic E-state index is 13.2.